The standard InChI is InChI=1S/C12H20N2O3/c1-4-14(3)8-7-13-9(2)10-5-6-11(17-10)12(15)16/h5-6,9,13H,4,7-8H2,1-3H3,(H,15,16). The van der Waals surface area contributed by atoms with Gasteiger partial charge in [-0.25, -0.2) is 4.79 Å². The molecule has 0 aliphatic rings. The molecule has 1 atom stereocenters. The van der Waals surface area contributed by atoms with Gasteiger partial charge in [-0.1, -0.05) is 6.92 Å². The molecule has 2 N–H and O–H groups in total. The average Bonchev–Trinajstić information content (AvgIpc) is 2.78. The molecule has 1 rings (SSSR count). The monoisotopic (exact) mass is 240 g/mol. The van der Waals surface area contributed by atoms with E-state index >= 15 is 0 Å². The zero-order valence-electron chi connectivity index (χ0n) is 10.6. The topological polar surface area (TPSA) is 65.7 Å². The van der Waals surface area contributed by atoms with Crippen LogP contribution in [0, 0.1) is 0 Å². The third-order valence-electron chi connectivity index (χ3n) is 2.75. The molecular weight excluding hydrogens is 220 g/mol. The summed E-state index contributed by atoms with van der Waals surface area (Å²) in [4.78, 5) is 12.9. The molecule has 17 heavy (non-hydrogen) atoms. The lowest BCUT2D eigenvalue weighted by Crippen LogP contribution is -2.30. The Morgan fingerprint density at radius 2 is 2.29 bits per heavy atom. The minimum atomic E-state index is -1.03. The average molecular weight is 240 g/mol. The molecule has 5 nitrogen and oxygen atoms in total. The van der Waals surface area contributed by atoms with Crippen molar-refractivity contribution in [1.29, 1.82) is 0 Å². The predicted octanol–water partition coefficient (Wildman–Crippen LogP) is 1.58. The Balaban J connectivity index is 2.41. The Labute approximate surface area is 101 Å². The quantitative estimate of drug-likeness (QED) is 0.757. The fourth-order valence-corrected chi connectivity index (χ4v) is 1.43. The number of aromatic carboxylic acids is 1. The van der Waals surface area contributed by atoms with Gasteiger partial charge in [0.15, 0.2) is 0 Å². The summed E-state index contributed by atoms with van der Waals surface area (Å²) in [7, 11) is 2.06. The molecule has 0 bridgehead atoms. The second-order valence-electron chi connectivity index (χ2n) is 4.08. The first-order valence-electron chi connectivity index (χ1n) is 5.79. The summed E-state index contributed by atoms with van der Waals surface area (Å²) in [6, 6.07) is 3.20. The summed E-state index contributed by atoms with van der Waals surface area (Å²) in [5, 5.41) is 12.0. The number of furan rings is 1. The highest BCUT2D eigenvalue weighted by Crippen LogP contribution is 2.15. The Kier molecular flexibility index (Phi) is 5.18. The van der Waals surface area contributed by atoms with Crippen LogP contribution in [0.5, 0.6) is 0 Å². The second-order valence-corrected chi connectivity index (χ2v) is 4.08. The zero-order chi connectivity index (χ0) is 12.8. The van der Waals surface area contributed by atoms with Gasteiger partial charge in [0.25, 0.3) is 0 Å². The van der Waals surface area contributed by atoms with Crippen LogP contribution in [0.2, 0.25) is 0 Å². The minimum absolute atomic E-state index is 0.0145. The van der Waals surface area contributed by atoms with Gasteiger partial charge in [0.05, 0.1) is 6.04 Å². The first kappa shape index (κ1) is 13.7. The first-order chi connectivity index (χ1) is 8.04. The van der Waals surface area contributed by atoms with Gasteiger partial charge in [-0.05, 0) is 32.6 Å². The van der Waals surface area contributed by atoms with Gasteiger partial charge >= 0.3 is 5.97 Å². The van der Waals surface area contributed by atoms with Crippen molar-refractivity contribution in [3.05, 3.63) is 23.7 Å². The number of carbonyl (C=O) groups is 1. The zero-order valence-corrected chi connectivity index (χ0v) is 10.6. The molecule has 1 aromatic rings. The number of nitrogens with one attached hydrogen (secondary N) is 1. The normalized spacial score (nSPS) is 12.9. The van der Waals surface area contributed by atoms with Crippen LogP contribution in [-0.2, 0) is 0 Å². The van der Waals surface area contributed by atoms with Crippen LogP contribution >= 0.6 is 0 Å². The highest BCUT2D eigenvalue weighted by Gasteiger charge is 2.13. The van der Waals surface area contributed by atoms with Crippen LogP contribution in [0.15, 0.2) is 16.5 Å². The van der Waals surface area contributed by atoms with E-state index < -0.39 is 5.97 Å². The van der Waals surface area contributed by atoms with Crippen molar-refractivity contribution in [2.75, 3.05) is 26.7 Å². The maximum atomic E-state index is 10.7. The van der Waals surface area contributed by atoms with Crippen LogP contribution in [0.25, 0.3) is 0 Å². The summed E-state index contributed by atoms with van der Waals surface area (Å²) in [6.07, 6.45) is 0. The molecule has 0 aromatic carbocycles. The molecule has 0 saturated carbocycles. The lowest BCUT2D eigenvalue weighted by Gasteiger charge is -2.16. The van der Waals surface area contributed by atoms with Crippen LogP contribution in [-0.4, -0.2) is 42.7 Å². The van der Waals surface area contributed by atoms with Gasteiger partial charge in [0.2, 0.25) is 5.76 Å². The largest absolute Gasteiger partial charge is 0.475 e. The summed E-state index contributed by atoms with van der Waals surface area (Å²) in [5.41, 5.74) is 0. The Morgan fingerprint density at radius 3 is 2.82 bits per heavy atom. The third-order valence-corrected chi connectivity index (χ3v) is 2.75. The molecule has 0 aliphatic heterocycles. The van der Waals surface area contributed by atoms with E-state index in [0.717, 1.165) is 19.6 Å². The smallest absolute Gasteiger partial charge is 0.371 e. The first-order valence-corrected chi connectivity index (χ1v) is 5.79. The fraction of sp³-hybridized carbons (Fsp3) is 0.583. The predicted molar refractivity (Wildman–Crippen MR) is 65.3 cm³/mol. The van der Waals surface area contributed by atoms with Crippen molar-refractivity contribution in [2.45, 2.75) is 19.9 Å². The number of likely N-dealkylation sites (N-methyl/N-ethyl adjacent to an activating group) is 1. The van der Waals surface area contributed by atoms with Gasteiger partial charge in [-0.3, -0.25) is 0 Å². The van der Waals surface area contributed by atoms with Gasteiger partial charge in [-0.15, -0.1) is 0 Å². The van der Waals surface area contributed by atoms with Gasteiger partial charge in [-0.2, -0.15) is 0 Å². The highest BCUT2D eigenvalue weighted by atomic mass is 16.4. The maximum absolute atomic E-state index is 10.7. The summed E-state index contributed by atoms with van der Waals surface area (Å²) in [5.74, 6) is -0.393. The van der Waals surface area contributed by atoms with Crippen LogP contribution in [0.1, 0.15) is 36.2 Å². The van der Waals surface area contributed by atoms with E-state index in [1.54, 1.807) is 6.07 Å². The second kappa shape index (κ2) is 6.42. The molecule has 0 amide bonds. The fourth-order valence-electron chi connectivity index (χ4n) is 1.43. The summed E-state index contributed by atoms with van der Waals surface area (Å²) < 4.78 is 5.22. The maximum Gasteiger partial charge on any atom is 0.371 e. The number of rotatable bonds is 7. The van der Waals surface area contributed by atoms with Crippen molar-refractivity contribution in [1.82, 2.24) is 10.2 Å². The Hall–Kier alpha value is -1.33. The molecule has 96 valence electrons. The molecule has 1 unspecified atom stereocenters. The van der Waals surface area contributed by atoms with Crippen molar-refractivity contribution >= 4 is 5.97 Å². The Bertz CT molecular complexity index is 362. The van der Waals surface area contributed by atoms with Crippen molar-refractivity contribution < 1.29 is 14.3 Å². The number of hydrogen-bond donors (Lipinski definition) is 2. The lowest BCUT2D eigenvalue weighted by molar-refractivity contribution is 0.0659. The minimum Gasteiger partial charge on any atom is -0.475 e. The van der Waals surface area contributed by atoms with E-state index in [2.05, 4.69) is 24.2 Å². The van der Waals surface area contributed by atoms with E-state index in [4.69, 9.17) is 9.52 Å². The molecular formula is C12H20N2O3. The van der Waals surface area contributed by atoms with Crippen molar-refractivity contribution in [2.24, 2.45) is 0 Å². The van der Waals surface area contributed by atoms with E-state index in [-0.39, 0.29) is 11.8 Å². The van der Waals surface area contributed by atoms with Crippen molar-refractivity contribution in [3.63, 3.8) is 0 Å². The SMILES string of the molecule is CCN(C)CCNC(C)c1ccc(C(=O)O)o1. The van der Waals surface area contributed by atoms with Gasteiger partial charge in [0, 0.05) is 13.1 Å². The molecule has 1 heterocycles. The summed E-state index contributed by atoms with van der Waals surface area (Å²) >= 11 is 0. The number of hydrogen-bond acceptors (Lipinski definition) is 4. The van der Waals surface area contributed by atoms with E-state index in [9.17, 15) is 4.79 Å². The van der Waals surface area contributed by atoms with Gasteiger partial charge < -0.3 is 19.7 Å². The molecule has 5 heteroatoms. The van der Waals surface area contributed by atoms with E-state index in [1.807, 2.05) is 6.92 Å². The molecule has 0 saturated heterocycles. The number of nitrogens with zero attached hydrogens (tertiary/aromatic N) is 1. The third kappa shape index (κ3) is 4.20. The van der Waals surface area contributed by atoms with E-state index in [0.29, 0.717) is 5.76 Å². The molecule has 0 fully saturated rings. The lowest BCUT2D eigenvalue weighted by atomic mass is 10.2. The Morgan fingerprint density at radius 1 is 1.59 bits per heavy atom. The van der Waals surface area contributed by atoms with Gasteiger partial charge in [0.1, 0.15) is 5.76 Å². The molecule has 0 spiro atoms. The molecule has 1 aromatic heterocycles. The van der Waals surface area contributed by atoms with Crippen LogP contribution < -0.4 is 5.32 Å². The highest BCUT2D eigenvalue weighted by molar-refractivity contribution is 5.84. The number of carboxylic acid groups (broad SMARTS) is 1. The summed E-state index contributed by atoms with van der Waals surface area (Å²) in [6.45, 7) is 6.87. The van der Waals surface area contributed by atoms with E-state index in [1.165, 1.54) is 6.07 Å². The number of carboxylic acids is 1. The molecule has 0 radical (unpaired) electrons. The molecule has 0 aliphatic carbocycles. The van der Waals surface area contributed by atoms with Crippen LogP contribution in [0.3, 0.4) is 0 Å². The van der Waals surface area contributed by atoms with Crippen LogP contribution in [0.4, 0.5) is 0 Å². The van der Waals surface area contributed by atoms with Crippen molar-refractivity contribution in [3.8, 4) is 0 Å².